The molecule has 94 valence electrons. The molecule has 6 heteroatoms. The molecule has 1 aromatic carbocycles. The first-order valence-electron chi connectivity index (χ1n) is 4.94. The van der Waals surface area contributed by atoms with E-state index in [0.29, 0.717) is 4.88 Å². The van der Waals surface area contributed by atoms with Crippen LogP contribution in [0.3, 0.4) is 0 Å². The summed E-state index contributed by atoms with van der Waals surface area (Å²) in [5.41, 5.74) is 4.60. The van der Waals surface area contributed by atoms with E-state index in [1.54, 1.807) is 17.5 Å². The van der Waals surface area contributed by atoms with Crippen LogP contribution in [-0.2, 0) is 6.18 Å². The van der Waals surface area contributed by atoms with Gasteiger partial charge in [0.2, 0.25) is 5.78 Å². The number of rotatable bonds is 2. The maximum atomic E-state index is 12.6. The third kappa shape index (κ3) is 2.38. The van der Waals surface area contributed by atoms with Crippen LogP contribution in [-0.4, -0.2) is 5.78 Å². The number of halogens is 3. The predicted octanol–water partition coefficient (Wildman–Crippen LogP) is 3.58. The number of ketones is 1. The zero-order valence-electron chi connectivity index (χ0n) is 8.99. The van der Waals surface area contributed by atoms with Crippen LogP contribution < -0.4 is 5.73 Å². The van der Waals surface area contributed by atoms with Gasteiger partial charge >= 0.3 is 6.18 Å². The Morgan fingerprint density at radius 2 is 1.94 bits per heavy atom. The first kappa shape index (κ1) is 12.6. The van der Waals surface area contributed by atoms with E-state index in [4.69, 9.17) is 5.73 Å². The second-order valence-electron chi connectivity index (χ2n) is 3.61. The van der Waals surface area contributed by atoms with Crippen LogP contribution in [0.25, 0.3) is 0 Å². The predicted molar refractivity (Wildman–Crippen MR) is 63.6 cm³/mol. The normalized spacial score (nSPS) is 11.5. The van der Waals surface area contributed by atoms with Crippen molar-refractivity contribution in [2.24, 2.45) is 0 Å². The summed E-state index contributed by atoms with van der Waals surface area (Å²) >= 11 is 1.16. The summed E-state index contributed by atoms with van der Waals surface area (Å²) in [5, 5.41) is 1.68. The van der Waals surface area contributed by atoms with Gasteiger partial charge < -0.3 is 5.73 Å². The molecule has 0 amide bonds. The van der Waals surface area contributed by atoms with Gasteiger partial charge in [0.25, 0.3) is 0 Å². The summed E-state index contributed by atoms with van der Waals surface area (Å²) in [6.07, 6.45) is -4.49. The lowest BCUT2D eigenvalue weighted by molar-refractivity contribution is -0.137. The molecule has 0 fully saturated rings. The second kappa shape index (κ2) is 4.45. The average molecular weight is 271 g/mol. The zero-order chi connectivity index (χ0) is 13.3. The lowest BCUT2D eigenvalue weighted by Gasteiger charge is -2.09. The molecule has 2 aromatic rings. The van der Waals surface area contributed by atoms with Gasteiger partial charge in [0.15, 0.2) is 0 Å². The highest BCUT2D eigenvalue weighted by atomic mass is 32.1. The lowest BCUT2D eigenvalue weighted by atomic mass is 10.0. The van der Waals surface area contributed by atoms with Crippen molar-refractivity contribution >= 4 is 22.8 Å². The molecular weight excluding hydrogens is 263 g/mol. The van der Waals surface area contributed by atoms with Crippen LogP contribution in [0.1, 0.15) is 20.8 Å². The molecule has 0 saturated carbocycles. The largest absolute Gasteiger partial charge is 0.416 e. The van der Waals surface area contributed by atoms with E-state index in [9.17, 15) is 18.0 Å². The second-order valence-corrected chi connectivity index (χ2v) is 4.55. The van der Waals surface area contributed by atoms with E-state index in [1.165, 1.54) is 0 Å². The van der Waals surface area contributed by atoms with Crippen molar-refractivity contribution in [3.05, 3.63) is 51.7 Å². The summed E-state index contributed by atoms with van der Waals surface area (Å²) in [4.78, 5) is 12.3. The molecule has 0 aliphatic heterocycles. The minimum Gasteiger partial charge on any atom is -0.398 e. The fourth-order valence-corrected chi connectivity index (χ4v) is 2.15. The number of anilines is 1. The van der Waals surface area contributed by atoms with Crippen molar-refractivity contribution in [3.8, 4) is 0 Å². The Hall–Kier alpha value is -1.82. The molecule has 2 N–H and O–H groups in total. The lowest BCUT2D eigenvalue weighted by Crippen LogP contribution is -2.10. The molecule has 1 aromatic heterocycles. The Kier molecular flexibility index (Phi) is 3.13. The number of thiophene rings is 1. The highest BCUT2D eigenvalue weighted by Gasteiger charge is 2.31. The number of hydrogen-bond acceptors (Lipinski definition) is 3. The first-order chi connectivity index (χ1) is 8.39. The number of carbonyl (C=O) groups is 1. The third-order valence-electron chi connectivity index (χ3n) is 2.37. The van der Waals surface area contributed by atoms with Gasteiger partial charge in [-0.25, -0.2) is 0 Å². The molecule has 2 nitrogen and oxygen atoms in total. The van der Waals surface area contributed by atoms with Crippen molar-refractivity contribution in [1.82, 2.24) is 0 Å². The molecule has 0 bridgehead atoms. The SMILES string of the molecule is Nc1ccc(C(F)(F)F)cc1C(=O)c1cccs1. The average Bonchev–Trinajstić information content (AvgIpc) is 2.80. The number of benzene rings is 1. The van der Waals surface area contributed by atoms with Gasteiger partial charge in [-0.15, -0.1) is 11.3 Å². The quantitative estimate of drug-likeness (QED) is 0.670. The van der Waals surface area contributed by atoms with E-state index >= 15 is 0 Å². The zero-order valence-corrected chi connectivity index (χ0v) is 9.81. The number of nitrogens with two attached hydrogens (primary N) is 1. The van der Waals surface area contributed by atoms with E-state index in [-0.39, 0.29) is 11.3 Å². The van der Waals surface area contributed by atoms with Crippen LogP contribution in [0.4, 0.5) is 18.9 Å². The Bertz CT molecular complexity index is 576. The summed E-state index contributed by atoms with van der Waals surface area (Å²) in [6.45, 7) is 0. The van der Waals surface area contributed by atoms with Crippen LogP contribution in [0.5, 0.6) is 0 Å². The molecule has 18 heavy (non-hydrogen) atoms. The van der Waals surface area contributed by atoms with Gasteiger partial charge in [0.05, 0.1) is 10.4 Å². The molecule has 0 radical (unpaired) electrons. The number of alkyl halides is 3. The van der Waals surface area contributed by atoms with Gasteiger partial charge in [-0.05, 0) is 29.6 Å². The smallest absolute Gasteiger partial charge is 0.398 e. The molecule has 0 aliphatic rings. The Morgan fingerprint density at radius 1 is 1.22 bits per heavy atom. The Balaban J connectivity index is 2.48. The highest BCUT2D eigenvalue weighted by molar-refractivity contribution is 7.12. The van der Waals surface area contributed by atoms with Crippen LogP contribution >= 0.6 is 11.3 Å². The fraction of sp³-hybridized carbons (Fsp3) is 0.0833. The van der Waals surface area contributed by atoms with Crippen LogP contribution in [0.15, 0.2) is 35.7 Å². The molecule has 0 saturated heterocycles. The molecule has 0 unspecified atom stereocenters. The van der Waals surface area contributed by atoms with Gasteiger partial charge in [0.1, 0.15) is 0 Å². The van der Waals surface area contributed by atoms with E-state index in [1.807, 2.05) is 0 Å². The monoisotopic (exact) mass is 271 g/mol. The summed E-state index contributed by atoms with van der Waals surface area (Å²) in [7, 11) is 0. The standard InChI is InChI=1S/C12H8F3NOS/c13-12(14,15)7-3-4-9(16)8(6-7)11(17)10-2-1-5-18-10/h1-6H,16H2. The minimum atomic E-state index is -4.49. The molecule has 0 aliphatic carbocycles. The van der Waals surface area contributed by atoms with Crippen molar-refractivity contribution in [2.45, 2.75) is 6.18 Å². The van der Waals surface area contributed by atoms with Crippen molar-refractivity contribution < 1.29 is 18.0 Å². The molecule has 2 rings (SSSR count). The van der Waals surface area contributed by atoms with E-state index < -0.39 is 17.5 Å². The molecular formula is C12H8F3NOS. The van der Waals surface area contributed by atoms with Crippen molar-refractivity contribution in [1.29, 1.82) is 0 Å². The molecule has 1 heterocycles. The fourth-order valence-electron chi connectivity index (χ4n) is 1.47. The Labute approximate surface area is 105 Å². The number of nitrogen functional groups attached to an aromatic ring is 1. The number of hydrogen-bond donors (Lipinski definition) is 1. The van der Waals surface area contributed by atoms with Crippen LogP contribution in [0, 0.1) is 0 Å². The first-order valence-corrected chi connectivity index (χ1v) is 5.82. The van der Waals surface area contributed by atoms with Crippen molar-refractivity contribution in [3.63, 3.8) is 0 Å². The minimum absolute atomic E-state index is 0.0430. The van der Waals surface area contributed by atoms with Gasteiger partial charge in [0, 0.05) is 11.3 Å². The summed E-state index contributed by atoms with van der Waals surface area (Å²) < 4.78 is 37.7. The Morgan fingerprint density at radius 3 is 2.50 bits per heavy atom. The van der Waals surface area contributed by atoms with Crippen LogP contribution in [0.2, 0.25) is 0 Å². The highest BCUT2D eigenvalue weighted by Crippen LogP contribution is 2.32. The van der Waals surface area contributed by atoms with Gasteiger partial charge in [-0.1, -0.05) is 6.07 Å². The molecule has 0 atom stereocenters. The maximum Gasteiger partial charge on any atom is 0.416 e. The van der Waals surface area contributed by atoms with Gasteiger partial charge in [-0.3, -0.25) is 4.79 Å². The molecule has 0 spiro atoms. The maximum absolute atomic E-state index is 12.6. The van der Waals surface area contributed by atoms with E-state index in [2.05, 4.69) is 0 Å². The summed E-state index contributed by atoms with van der Waals surface area (Å²) in [6, 6.07) is 5.95. The topological polar surface area (TPSA) is 43.1 Å². The third-order valence-corrected chi connectivity index (χ3v) is 3.24. The van der Waals surface area contributed by atoms with Gasteiger partial charge in [-0.2, -0.15) is 13.2 Å². The van der Waals surface area contributed by atoms with E-state index in [0.717, 1.165) is 29.5 Å². The summed E-state index contributed by atoms with van der Waals surface area (Å²) in [5.74, 6) is -0.492. The number of carbonyl (C=O) groups excluding carboxylic acids is 1. The van der Waals surface area contributed by atoms with Crippen molar-refractivity contribution in [2.75, 3.05) is 5.73 Å².